The lowest BCUT2D eigenvalue weighted by Gasteiger charge is -2.17. The molecule has 0 aliphatic heterocycles. The van der Waals surface area contributed by atoms with E-state index in [1.165, 1.54) is 11.1 Å². The first-order chi connectivity index (χ1) is 12.4. The minimum Gasteiger partial charge on any atom is -0.441 e. The fraction of sp³-hybridized carbons (Fsp3) is 0.273. The summed E-state index contributed by atoms with van der Waals surface area (Å²) in [6.07, 6.45) is 0.206. The number of aromatic nitrogens is 1. The van der Waals surface area contributed by atoms with Gasteiger partial charge in [-0.3, -0.25) is 4.79 Å². The highest BCUT2D eigenvalue weighted by molar-refractivity contribution is 5.79. The molecular weight excluding hydrogens is 324 g/mol. The third-order valence-electron chi connectivity index (χ3n) is 4.52. The van der Waals surface area contributed by atoms with E-state index in [1.54, 1.807) is 0 Å². The van der Waals surface area contributed by atoms with Crippen LogP contribution in [-0.4, -0.2) is 10.9 Å². The standard InChI is InChI=1S/C22H24N2O2/c1-14-10-11-15(2)19(12-14)16(3)23-21(25)13-20-17(4)26-22(24-20)18-8-6-5-7-9-18/h5-12,16H,13H2,1-4H3,(H,23,25). The number of nitrogens with zero attached hydrogens (tertiary/aromatic N) is 1. The van der Waals surface area contributed by atoms with Gasteiger partial charge in [0.15, 0.2) is 0 Å². The molecule has 0 spiro atoms. The van der Waals surface area contributed by atoms with Gasteiger partial charge in [0.2, 0.25) is 11.8 Å². The van der Waals surface area contributed by atoms with Crippen LogP contribution in [0.15, 0.2) is 52.9 Å². The van der Waals surface area contributed by atoms with Crippen LogP contribution in [0.3, 0.4) is 0 Å². The predicted molar refractivity (Wildman–Crippen MR) is 103 cm³/mol. The van der Waals surface area contributed by atoms with Gasteiger partial charge in [-0.1, -0.05) is 42.0 Å². The Kier molecular flexibility index (Phi) is 5.21. The summed E-state index contributed by atoms with van der Waals surface area (Å²) in [6.45, 7) is 7.97. The minimum atomic E-state index is -0.0607. The molecule has 3 rings (SSSR count). The minimum absolute atomic E-state index is 0.0526. The van der Waals surface area contributed by atoms with Crippen molar-refractivity contribution in [2.75, 3.05) is 0 Å². The highest BCUT2D eigenvalue weighted by Crippen LogP contribution is 2.22. The molecule has 0 saturated carbocycles. The molecule has 0 fully saturated rings. The van der Waals surface area contributed by atoms with Gasteiger partial charge >= 0.3 is 0 Å². The Balaban J connectivity index is 1.70. The zero-order chi connectivity index (χ0) is 18.7. The van der Waals surface area contributed by atoms with Crippen molar-refractivity contribution in [3.8, 4) is 11.5 Å². The maximum Gasteiger partial charge on any atom is 0.226 e. The Bertz CT molecular complexity index is 913. The summed E-state index contributed by atoms with van der Waals surface area (Å²) in [5.41, 5.74) is 5.08. The Morgan fingerprint density at radius 1 is 1.12 bits per heavy atom. The zero-order valence-corrected chi connectivity index (χ0v) is 15.7. The molecule has 26 heavy (non-hydrogen) atoms. The number of rotatable bonds is 5. The van der Waals surface area contributed by atoms with Crippen molar-refractivity contribution in [3.05, 3.63) is 76.7 Å². The van der Waals surface area contributed by atoms with Crippen LogP contribution in [-0.2, 0) is 11.2 Å². The van der Waals surface area contributed by atoms with E-state index in [9.17, 15) is 4.79 Å². The number of hydrogen-bond donors (Lipinski definition) is 1. The van der Waals surface area contributed by atoms with E-state index in [-0.39, 0.29) is 18.4 Å². The summed E-state index contributed by atoms with van der Waals surface area (Å²) in [7, 11) is 0. The number of carbonyl (C=O) groups is 1. The summed E-state index contributed by atoms with van der Waals surface area (Å²) < 4.78 is 5.73. The third kappa shape index (κ3) is 4.02. The lowest BCUT2D eigenvalue weighted by atomic mass is 10.00. The van der Waals surface area contributed by atoms with Gasteiger partial charge in [0.05, 0.1) is 18.2 Å². The Labute approximate surface area is 154 Å². The number of benzene rings is 2. The van der Waals surface area contributed by atoms with Crippen LogP contribution < -0.4 is 5.32 Å². The molecule has 1 N–H and O–H groups in total. The topological polar surface area (TPSA) is 55.1 Å². The van der Waals surface area contributed by atoms with Crippen LogP contribution in [0.4, 0.5) is 0 Å². The lowest BCUT2D eigenvalue weighted by molar-refractivity contribution is -0.121. The maximum atomic E-state index is 12.5. The number of oxazole rings is 1. The first-order valence-electron chi connectivity index (χ1n) is 8.82. The molecule has 0 bridgehead atoms. The second-order valence-corrected chi connectivity index (χ2v) is 6.71. The Hall–Kier alpha value is -2.88. The first kappa shape index (κ1) is 17.9. The van der Waals surface area contributed by atoms with E-state index >= 15 is 0 Å². The molecule has 1 atom stereocenters. The SMILES string of the molecule is Cc1ccc(C)c(C(C)NC(=O)Cc2nc(-c3ccccc3)oc2C)c1. The van der Waals surface area contributed by atoms with Gasteiger partial charge < -0.3 is 9.73 Å². The van der Waals surface area contributed by atoms with Crippen LogP contribution in [0, 0.1) is 20.8 Å². The van der Waals surface area contributed by atoms with E-state index < -0.39 is 0 Å². The average molecular weight is 348 g/mol. The number of nitrogens with one attached hydrogen (secondary N) is 1. The Morgan fingerprint density at radius 3 is 2.58 bits per heavy atom. The fourth-order valence-electron chi connectivity index (χ4n) is 3.04. The molecule has 1 amide bonds. The molecule has 4 heteroatoms. The summed E-state index contributed by atoms with van der Waals surface area (Å²) in [5, 5.41) is 3.07. The maximum absolute atomic E-state index is 12.5. The number of hydrogen-bond acceptors (Lipinski definition) is 3. The molecule has 4 nitrogen and oxygen atoms in total. The van der Waals surface area contributed by atoms with Gasteiger partial charge in [0.1, 0.15) is 5.76 Å². The lowest BCUT2D eigenvalue weighted by Crippen LogP contribution is -2.28. The van der Waals surface area contributed by atoms with Crippen LogP contribution in [0.1, 0.15) is 41.1 Å². The fourth-order valence-corrected chi connectivity index (χ4v) is 3.04. The number of amides is 1. The summed E-state index contributed by atoms with van der Waals surface area (Å²) in [5.74, 6) is 1.17. The molecule has 3 aromatic rings. The van der Waals surface area contributed by atoms with Crippen molar-refractivity contribution in [3.63, 3.8) is 0 Å². The molecule has 2 aromatic carbocycles. The molecule has 0 saturated heterocycles. The Morgan fingerprint density at radius 2 is 1.85 bits per heavy atom. The normalized spacial score (nSPS) is 12.0. The molecular formula is C22H24N2O2. The van der Waals surface area contributed by atoms with Crippen LogP contribution in [0.5, 0.6) is 0 Å². The number of aryl methyl sites for hydroxylation is 3. The van der Waals surface area contributed by atoms with Gasteiger partial charge in [0.25, 0.3) is 0 Å². The average Bonchev–Trinajstić information content (AvgIpc) is 2.98. The van der Waals surface area contributed by atoms with Crippen molar-refractivity contribution in [2.24, 2.45) is 0 Å². The first-order valence-corrected chi connectivity index (χ1v) is 8.82. The van der Waals surface area contributed by atoms with Gasteiger partial charge in [-0.05, 0) is 51.0 Å². The van der Waals surface area contributed by atoms with Crippen molar-refractivity contribution in [1.82, 2.24) is 10.3 Å². The smallest absolute Gasteiger partial charge is 0.226 e. The van der Waals surface area contributed by atoms with E-state index in [2.05, 4.69) is 42.3 Å². The van der Waals surface area contributed by atoms with Gasteiger partial charge in [-0.25, -0.2) is 4.98 Å². The second-order valence-electron chi connectivity index (χ2n) is 6.71. The highest BCUT2D eigenvalue weighted by atomic mass is 16.4. The summed E-state index contributed by atoms with van der Waals surface area (Å²) in [6, 6.07) is 15.9. The van der Waals surface area contributed by atoms with Gasteiger partial charge in [0, 0.05) is 5.56 Å². The van der Waals surface area contributed by atoms with E-state index in [0.717, 1.165) is 11.1 Å². The molecule has 1 heterocycles. The van der Waals surface area contributed by atoms with Crippen LogP contribution in [0.2, 0.25) is 0 Å². The monoisotopic (exact) mass is 348 g/mol. The third-order valence-corrected chi connectivity index (χ3v) is 4.52. The van der Waals surface area contributed by atoms with E-state index in [0.29, 0.717) is 17.3 Å². The van der Waals surface area contributed by atoms with Crippen molar-refractivity contribution in [2.45, 2.75) is 40.2 Å². The number of carbonyl (C=O) groups excluding carboxylic acids is 1. The predicted octanol–water partition coefficient (Wildman–Crippen LogP) is 4.69. The summed E-state index contributed by atoms with van der Waals surface area (Å²) in [4.78, 5) is 17.0. The van der Waals surface area contributed by atoms with Gasteiger partial charge in [-0.15, -0.1) is 0 Å². The van der Waals surface area contributed by atoms with Crippen LogP contribution >= 0.6 is 0 Å². The van der Waals surface area contributed by atoms with Gasteiger partial charge in [-0.2, -0.15) is 0 Å². The van der Waals surface area contributed by atoms with Crippen molar-refractivity contribution in [1.29, 1.82) is 0 Å². The summed E-state index contributed by atoms with van der Waals surface area (Å²) >= 11 is 0. The molecule has 1 unspecified atom stereocenters. The molecule has 134 valence electrons. The molecule has 1 aromatic heterocycles. The van der Waals surface area contributed by atoms with Crippen LogP contribution in [0.25, 0.3) is 11.5 Å². The molecule has 0 radical (unpaired) electrons. The quantitative estimate of drug-likeness (QED) is 0.728. The van der Waals surface area contributed by atoms with E-state index in [1.807, 2.05) is 44.2 Å². The second kappa shape index (κ2) is 7.56. The molecule has 0 aliphatic rings. The van der Waals surface area contributed by atoms with E-state index in [4.69, 9.17) is 4.42 Å². The molecule has 0 aliphatic carbocycles. The highest BCUT2D eigenvalue weighted by Gasteiger charge is 2.17. The van der Waals surface area contributed by atoms with Crippen molar-refractivity contribution >= 4 is 5.91 Å². The zero-order valence-electron chi connectivity index (χ0n) is 15.7. The van der Waals surface area contributed by atoms with Crippen molar-refractivity contribution < 1.29 is 9.21 Å². The largest absolute Gasteiger partial charge is 0.441 e.